The molecule has 10 nitrogen and oxygen atoms in total. The predicted molar refractivity (Wildman–Crippen MR) is 93.6 cm³/mol. The Balaban J connectivity index is 1.98. The van der Waals surface area contributed by atoms with Gasteiger partial charge in [-0.05, 0) is 13.8 Å². The van der Waals surface area contributed by atoms with Crippen molar-refractivity contribution in [3.05, 3.63) is 0 Å². The van der Waals surface area contributed by atoms with Crippen LogP contribution >= 0.6 is 7.82 Å². The summed E-state index contributed by atoms with van der Waals surface area (Å²) in [5.74, 6) is 0. The first-order chi connectivity index (χ1) is 12.8. The lowest BCUT2D eigenvalue weighted by Crippen LogP contribution is -2.38. The van der Waals surface area contributed by atoms with E-state index in [0.717, 1.165) is 0 Å². The van der Waals surface area contributed by atoms with Gasteiger partial charge < -0.3 is 33.3 Å². The van der Waals surface area contributed by atoms with Gasteiger partial charge in [0, 0.05) is 28.4 Å². The van der Waals surface area contributed by atoms with Gasteiger partial charge in [0.2, 0.25) is 0 Å². The number of phosphoric acid groups is 1. The Kier molecular flexibility index (Phi) is 8.63. The van der Waals surface area contributed by atoms with E-state index in [4.69, 9.17) is 37.5 Å². The van der Waals surface area contributed by atoms with Gasteiger partial charge in [0.25, 0.3) is 0 Å². The van der Waals surface area contributed by atoms with Crippen LogP contribution in [0.3, 0.4) is 0 Å². The van der Waals surface area contributed by atoms with Crippen LogP contribution in [0.15, 0.2) is 0 Å². The lowest BCUT2D eigenvalue weighted by molar-refractivity contribution is -0.0519. The Hall–Kier alpha value is -0.130. The molecule has 2 heterocycles. The van der Waals surface area contributed by atoms with Crippen LogP contribution in [0.1, 0.15) is 13.8 Å². The maximum atomic E-state index is 12.5. The summed E-state index contributed by atoms with van der Waals surface area (Å²) in [6.45, 7) is 3.64. The molecular formula is C16H31O10P. The Labute approximate surface area is 159 Å². The van der Waals surface area contributed by atoms with E-state index in [2.05, 4.69) is 0 Å². The maximum Gasteiger partial charge on any atom is 0.472 e. The zero-order chi connectivity index (χ0) is 20.2. The fourth-order valence-corrected chi connectivity index (χ4v) is 4.63. The number of rotatable bonds is 10. The SMILES string of the molecule is COC[C@H]1O[C@@H](C)[C@@H](OC)C1OP(=O)(O)OC[C@H]1O[C@@H](C)[C@@H](OC)C1OC. The lowest BCUT2D eigenvalue weighted by atomic mass is 10.1. The first-order valence-corrected chi connectivity index (χ1v) is 10.3. The van der Waals surface area contributed by atoms with Crippen LogP contribution in [0.25, 0.3) is 0 Å². The van der Waals surface area contributed by atoms with Gasteiger partial charge in [-0.15, -0.1) is 0 Å². The summed E-state index contributed by atoms with van der Waals surface area (Å²) in [5.41, 5.74) is 0. The van der Waals surface area contributed by atoms with Gasteiger partial charge in [0.15, 0.2) is 0 Å². The zero-order valence-corrected chi connectivity index (χ0v) is 17.5. The smallest absolute Gasteiger partial charge is 0.382 e. The molecule has 0 aliphatic carbocycles. The largest absolute Gasteiger partial charge is 0.472 e. The van der Waals surface area contributed by atoms with E-state index < -0.39 is 38.3 Å². The van der Waals surface area contributed by atoms with Gasteiger partial charge in [-0.2, -0.15) is 0 Å². The third-order valence-corrected chi connectivity index (χ3v) is 5.87. The Morgan fingerprint density at radius 2 is 1.30 bits per heavy atom. The molecule has 9 atom stereocenters. The summed E-state index contributed by atoms with van der Waals surface area (Å²) >= 11 is 0. The highest BCUT2D eigenvalue weighted by Gasteiger charge is 2.48. The highest BCUT2D eigenvalue weighted by Crippen LogP contribution is 2.48. The molecule has 0 spiro atoms. The van der Waals surface area contributed by atoms with E-state index in [0.29, 0.717) is 0 Å². The Morgan fingerprint density at radius 1 is 0.815 bits per heavy atom. The minimum atomic E-state index is -4.41. The van der Waals surface area contributed by atoms with Crippen molar-refractivity contribution in [3.63, 3.8) is 0 Å². The van der Waals surface area contributed by atoms with Crippen molar-refractivity contribution in [2.75, 3.05) is 41.7 Å². The molecule has 2 fully saturated rings. The van der Waals surface area contributed by atoms with E-state index in [1.54, 1.807) is 14.0 Å². The van der Waals surface area contributed by atoms with E-state index in [9.17, 15) is 9.46 Å². The predicted octanol–water partition coefficient (Wildman–Crippen LogP) is 0.755. The second-order valence-corrected chi connectivity index (χ2v) is 8.06. The van der Waals surface area contributed by atoms with Crippen molar-refractivity contribution in [1.29, 1.82) is 0 Å². The lowest BCUT2D eigenvalue weighted by Gasteiger charge is -2.26. The fourth-order valence-electron chi connectivity index (χ4n) is 3.67. The average molecular weight is 414 g/mol. The van der Waals surface area contributed by atoms with Crippen LogP contribution in [0.4, 0.5) is 0 Å². The van der Waals surface area contributed by atoms with Crippen molar-refractivity contribution < 1.29 is 46.9 Å². The van der Waals surface area contributed by atoms with E-state index in [1.807, 2.05) is 6.92 Å². The summed E-state index contributed by atoms with van der Waals surface area (Å²) in [7, 11) is 1.67. The van der Waals surface area contributed by atoms with Crippen LogP contribution in [0, 0.1) is 0 Å². The third-order valence-electron chi connectivity index (χ3n) is 4.89. The van der Waals surface area contributed by atoms with Crippen LogP contribution in [0.2, 0.25) is 0 Å². The molecule has 27 heavy (non-hydrogen) atoms. The summed E-state index contributed by atoms with van der Waals surface area (Å²) < 4.78 is 55.7. The highest BCUT2D eigenvalue weighted by molar-refractivity contribution is 7.47. The fraction of sp³-hybridized carbons (Fsp3) is 1.00. The normalized spacial score (nSPS) is 41.7. The molecule has 3 unspecified atom stereocenters. The van der Waals surface area contributed by atoms with Crippen molar-refractivity contribution in [2.24, 2.45) is 0 Å². The Bertz CT molecular complexity index is 506. The molecule has 2 rings (SSSR count). The van der Waals surface area contributed by atoms with E-state index in [1.165, 1.54) is 21.3 Å². The molecule has 0 saturated carbocycles. The molecule has 0 aromatic carbocycles. The zero-order valence-electron chi connectivity index (χ0n) is 16.6. The summed E-state index contributed by atoms with van der Waals surface area (Å²) in [5, 5.41) is 0. The quantitative estimate of drug-likeness (QED) is 0.514. The highest BCUT2D eigenvalue weighted by atomic mass is 31.2. The standard InChI is InChI=1S/C16H31O10P/c1-9-13(20-4)15(22-6)12(25-9)8-23-27(17,18)26-16-11(7-19-3)24-10(2)14(16)21-5/h9-16H,7-8H2,1-6H3,(H,17,18)/t9-,10-,11+,12+,13+,14+,15?,16?/m0/s1. The molecule has 0 aromatic heterocycles. The molecule has 2 aliphatic rings. The number of phosphoric ester groups is 1. The van der Waals surface area contributed by atoms with Gasteiger partial charge in [0.1, 0.15) is 36.6 Å². The van der Waals surface area contributed by atoms with Gasteiger partial charge >= 0.3 is 7.82 Å². The average Bonchev–Trinajstić information content (AvgIpc) is 3.08. The second-order valence-electron chi connectivity index (χ2n) is 6.65. The van der Waals surface area contributed by atoms with Gasteiger partial charge in [-0.25, -0.2) is 4.57 Å². The van der Waals surface area contributed by atoms with Gasteiger partial charge in [0.05, 0.1) is 25.4 Å². The Morgan fingerprint density at radius 3 is 1.78 bits per heavy atom. The molecule has 0 amide bonds. The molecule has 0 radical (unpaired) electrons. The molecule has 0 bridgehead atoms. The van der Waals surface area contributed by atoms with Crippen molar-refractivity contribution >= 4 is 7.82 Å². The molecule has 1 N–H and O–H groups in total. The van der Waals surface area contributed by atoms with Crippen molar-refractivity contribution in [3.8, 4) is 0 Å². The molecular weight excluding hydrogens is 383 g/mol. The molecule has 0 aromatic rings. The molecule has 2 aliphatic heterocycles. The van der Waals surface area contributed by atoms with E-state index in [-0.39, 0.29) is 31.5 Å². The minimum absolute atomic E-state index is 0.188. The van der Waals surface area contributed by atoms with Crippen LogP contribution < -0.4 is 0 Å². The number of hydrogen-bond acceptors (Lipinski definition) is 9. The first-order valence-electron chi connectivity index (χ1n) is 8.81. The third kappa shape index (κ3) is 5.48. The minimum Gasteiger partial charge on any atom is -0.382 e. The van der Waals surface area contributed by atoms with Gasteiger partial charge in [-0.3, -0.25) is 9.05 Å². The maximum absolute atomic E-state index is 12.5. The van der Waals surface area contributed by atoms with Crippen LogP contribution in [0.5, 0.6) is 0 Å². The summed E-state index contributed by atoms with van der Waals surface area (Å²) in [6, 6.07) is 0. The summed E-state index contributed by atoms with van der Waals surface area (Å²) in [4.78, 5) is 10.2. The van der Waals surface area contributed by atoms with Crippen molar-refractivity contribution in [2.45, 2.75) is 62.7 Å². The topological polar surface area (TPSA) is 111 Å². The van der Waals surface area contributed by atoms with Crippen molar-refractivity contribution in [1.82, 2.24) is 0 Å². The van der Waals surface area contributed by atoms with Crippen LogP contribution in [-0.4, -0.2) is 95.4 Å². The molecule has 2 saturated heterocycles. The molecule has 160 valence electrons. The van der Waals surface area contributed by atoms with Crippen LogP contribution in [-0.2, 0) is 42.0 Å². The van der Waals surface area contributed by atoms with Gasteiger partial charge in [-0.1, -0.05) is 0 Å². The molecule has 11 heteroatoms. The van der Waals surface area contributed by atoms with E-state index >= 15 is 0 Å². The monoisotopic (exact) mass is 414 g/mol. The second kappa shape index (κ2) is 10.1. The number of ether oxygens (including phenoxy) is 6. The summed E-state index contributed by atoms with van der Waals surface area (Å²) in [6.07, 6.45) is -3.73. The number of hydrogen-bond donors (Lipinski definition) is 1. The first kappa shape index (κ1) is 23.2. The number of methoxy groups -OCH3 is 4.